The fourth-order valence-electron chi connectivity index (χ4n) is 1.56. The molecule has 0 heterocycles. The average molecular weight is 257 g/mol. The molecular formula is C12H16FNO4. The summed E-state index contributed by atoms with van der Waals surface area (Å²) in [5.74, 6) is -1.67. The summed E-state index contributed by atoms with van der Waals surface area (Å²) >= 11 is 0. The topological polar surface area (TPSA) is 92.8 Å². The van der Waals surface area contributed by atoms with Crippen LogP contribution in [0.25, 0.3) is 0 Å². The average Bonchev–Trinajstić information content (AvgIpc) is 2.32. The summed E-state index contributed by atoms with van der Waals surface area (Å²) in [5.41, 5.74) is 5.88. The van der Waals surface area contributed by atoms with Crippen LogP contribution in [0.2, 0.25) is 0 Å². The van der Waals surface area contributed by atoms with Crippen molar-refractivity contribution >= 4 is 11.7 Å². The van der Waals surface area contributed by atoms with E-state index in [1.54, 1.807) is 13.8 Å². The molecule has 0 aliphatic carbocycles. The number of nitrogen functional groups attached to an aromatic ring is 1. The lowest BCUT2D eigenvalue weighted by Crippen LogP contribution is -2.30. The predicted octanol–water partition coefficient (Wildman–Crippen LogP) is 0.674. The summed E-state index contributed by atoms with van der Waals surface area (Å²) in [5, 5.41) is 19.4. The van der Waals surface area contributed by atoms with Crippen molar-refractivity contribution < 1.29 is 24.1 Å². The molecule has 6 heteroatoms. The lowest BCUT2D eigenvalue weighted by Gasteiger charge is -2.19. The SMILES string of the molecule is CCOC(=O)C(O)C(O)c1cc(F)c(N)cc1C. The Kier molecular flexibility index (Phi) is 4.63. The van der Waals surface area contributed by atoms with Crippen LogP contribution < -0.4 is 5.73 Å². The van der Waals surface area contributed by atoms with Gasteiger partial charge in [0, 0.05) is 0 Å². The fraction of sp³-hybridized carbons (Fsp3) is 0.417. The summed E-state index contributed by atoms with van der Waals surface area (Å²) in [6.07, 6.45) is -3.31. The maximum atomic E-state index is 13.3. The van der Waals surface area contributed by atoms with Gasteiger partial charge in [0.25, 0.3) is 0 Å². The van der Waals surface area contributed by atoms with Gasteiger partial charge in [-0.3, -0.25) is 0 Å². The second kappa shape index (κ2) is 5.79. The third kappa shape index (κ3) is 2.96. The van der Waals surface area contributed by atoms with Gasteiger partial charge in [0.15, 0.2) is 6.10 Å². The van der Waals surface area contributed by atoms with Gasteiger partial charge in [-0.2, -0.15) is 0 Å². The number of aryl methyl sites for hydroxylation is 1. The van der Waals surface area contributed by atoms with E-state index in [1.807, 2.05) is 0 Å². The first-order valence-corrected chi connectivity index (χ1v) is 5.46. The molecule has 0 saturated carbocycles. The quantitative estimate of drug-likeness (QED) is 0.544. The molecule has 4 N–H and O–H groups in total. The summed E-state index contributed by atoms with van der Waals surface area (Å²) in [6, 6.07) is 2.32. The van der Waals surface area contributed by atoms with E-state index < -0.39 is 24.0 Å². The molecule has 5 nitrogen and oxygen atoms in total. The highest BCUT2D eigenvalue weighted by atomic mass is 19.1. The van der Waals surface area contributed by atoms with Crippen LogP contribution in [0.1, 0.15) is 24.2 Å². The van der Waals surface area contributed by atoms with Gasteiger partial charge in [-0.1, -0.05) is 0 Å². The smallest absolute Gasteiger partial charge is 0.338 e. The number of halogens is 1. The summed E-state index contributed by atoms with van der Waals surface area (Å²) < 4.78 is 17.9. The van der Waals surface area contributed by atoms with Crippen molar-refractivity contribution in [3.05, 3.63) is 29.1 Å². The Morgan fingerprint density at radius 1 is 1.50 bits per heavy atom. The van der Waals surface area contributed by atoms with Crippen LogP contribution in [-0.2, 0) is 9.53 Å². The molecule has 0 aliphatic rings. The molecule has 0 saturated heterocycles. The molecule has 2 atom stereocenters. The maximum absolute atomic E-state index is 13.3. The molecule has 0 fully saturated rings. The molecule has 0 spiro atoms. The van der Waals surface area contributed by atoms with Crippen molar-refractivity contribution in [1.82, 2.24) is 0 Å². The van der Waals surface area contributed by atoms with Crippen molar-refractivity contribution in [2.45, 2.75) is 26.1 Å². The monoisotopic (exact) mass is 257 g/mol. The van der Waals surface area contributed by atoms with E-state index in [0.717, 1.165) is 6.07 Å². The van der Waals surface area contributed by atoms with Crippen LogP contribution in [0.3, 0.4) is 0 Å². The van der Waals surface area contributed by atoms with E-state index in [9.17, 15) is 19.4 Å². The van der Waals surface area contributed by atoms with Crippen molar-refractivity contribution in [3.8, 4) is 0 Å². The number of hydrogen-bond acceptors (Lipinski definition) is 5. The number of hydrogen-bond donors (Lipinski definition) is 3. The second-order valence-corrected chi connectivity index (χ2v) is 3.87. The summed E-state index contributed by atoms with van der Waals surface area (Å²) in [4.78, 5) is 11.3. The summed E-state index contributed by atoms with van der Waals surface area (Å²) in [7, 11) is 0. The molecule has 18 heavy (non-hydrogen) atoms. The minimum atomic E-state index is -1.76. The van der Waals surface area contributed by atoms with Crippen LogP contribution in [0.4, 0.5) is 10.1 Å². The highest BCUT2D eigenvalue weighted by Gasteiger charge is 2.28. The van der Waals surface area contributed by atoms with Gasteiger partial charge in [0.05, 0.1) is 12.3 Å². The minimum Gasteiger partial charge on any atom is -0.464 e. The first-order valence-electron chi connectivity index (χ1n) is 5.46. The van der Waals surface area contributed by atoms with Crippen molar-refractivity contribution in [2.24, 2.45) is 0 Å². The molecule has 1 aromatic carbocycles. The lowest BCUT2D eigenvalue weighted by molar-refractivity contribution is -0.159. The van der Waals surface area contributed by atoms with E-state index in [-0.39, 0.29) is 17.9 Å². The van der Waals surface area contributed by atoms with Crippen LogP contribution >= 0.6 is 0 Å². The third-order valence-electron chi connectivity index (χ3n) is 2.53. The molecule has 2 unspecified atom stereocenters. The highest BCUT2D eigenvalue weighted by molar-refractivity contribution is 5.75. The second-order valence-electron chi connectivity index (χ2n) is 3.87. The van der Waals surface area contributed by atoms with Gasteiger partial charge < -0.3 is 20.7 Å². The predicted molar refractivity (Wildman–Crippen MR) is 63.1 cm³/mol. The van der Waals surface area contributed by atoms with Crippen molar-refractivity contribution in [2.75, 3.05) is 12.3 Å². The van der Waals surface area contributed by atoms with E-state index in [2.05, 4.69) is 4.74 Å². The van der Waals surface area contributed by atoms with Crippen LogP contribution in [-0.4, -0.2) is 28.9 Å². The molecule has 100 valence electrons. The third-order valence-corrected chi connectivity index (χ3v) is 2.53. The number of benzene rings is 1. The van der Waals surface area contributed by atoms with Crippen LogP contribution in [0.15, 0.2) is 12.1 Å². The van der Waals surface area contributed by atoms with Crippen LogP contribution in [0, 0.1) is 12.7 Å². The number of aliphatic hydroxyl groups excluding tert-OH is 2. The van der Waals surface area contributed by atoms with Gasteiger partial charge in [0.1, 0.15) is 11.9 Å². The first kappa shape index (κ1) is 14.4. The number of aliphatic hydroxyl groups is 2. The first-order chi connectivity index (χ1) is 8.38. The standard InChI is InChI=1S/C12H16FNO4/c1-3-18-12(17)11(16)10(15)7-5-8(13)9(14)4-6(7)2/h4-5,10-11,15-16H,3,14H2,1-2H3. The number of carbonyl (C=O) groups excluding carboxylic acids is 1. The van der Waals surface area contributed by atoms with E-state index in [1.165, 1.54) is 6.07 Å². The Labute approximate surface area is 104 Å². The molecular weight excluding hydrogens is 241 g/mol. The summed E-state index contributed by atoms with van der Waals surface area (Å²) in [6.45, 7) is 3.25. The highest BCUT2D eigenvalue weighted by Crippen LogP contribution is 2.25. The maximum Gasteiger partial charge on any atom is 0.338 e. The van der Waals surface area contributed by atoms with Gasteiger partial charge in [-0.15, -0.1) is 0 Å². The number of nitrogens with two attached hydrogens (primary N) is 1. The Balaban J connectivity index is 3.00. The Morgan fingerprint density at radius 3 is 2.67 bits per heavy atom. The van der Waals surface area contributed by atoms with E-state index in [4.69, 9.17) is 5.73 Å². The number of esters is 1. The fourth-order valence-corrected chi connectivity index (χ4v) is 1.56. The molecule has 0 aliphatic heterocycles. The zero-order valence-corrected chi connectivity index (χ0v) is 10.2. The van der Waals surface area contributed by atoms with E-state index in [0.29, 0.717) is 5.56 Å². The van der Waals surface area contributed by atoms with Gasteiger partial charge >= 0.3 is 5.97 Å². The molecule has 0 radical (unpaired) electrons. The number of rotatable bonds is 4. The number of anilines is 1. The zero-order valence-electron chi connectivity index (χ0n) is 10.2. The zero-order chi connectivity index (χ0) is 13.9. The molecule has 1 rings (SSSR count). The molecule has 0 aromatic heterocycles. The van der Waals surface area contributed by atoms with Crippen molar-refractivity contribution in [1.29, 1.82) is 0 Å². The Morgan fingerprint density at radius 2 is 2.11 bits per heavy atom. The normalized spacial score (nSPS) is 14.1. The lowest BCUT2D eigenvalue weighted by atomic mass is 9.98. The minimum absolute atomic E-state index is 0.0610. The molecule has 0 bridgehead atoms. The van der Waals surface area contributed by atoms with Crippen molar-refractivity contribution in [3.63, 3.8) is 0 Å². The van der Waals surface area contributed by atoms with Crippen LogP contribution in [0.5, 0.6) is 0 Å². The van der Waals surface area contributed by atoms with Gasteiger partial charge in [-0.25, -0.2) is 9.18 Å². The molecule has 0 amide bonds. The largest absolute Gasteiger partial charge is 0.464 e. The molecule has 1 aromatic rings. The Hall–Kier alpha value is -1.66. The number of carbonyl (C=O) groups is 1. The van der Waals surface area contributed by atoms with Gasteiger partial charge in [-0.05, 0) is 37.1 Å². The van der Waals surface area contributed by atoms with E-state index >= 15 is 0 Å². The Bertz CT molecular complexity index is 450. The van der Waals surface area contributed by atoms with Gasteiger partial charge in [0.2, 0.25) is 0 Å². The number of ether oxygens (including phenoxy) is 1.